The van der Waals surface area contributed by atoms with Crippen LogP contribution in [0, 0.1) is 0 Å². The van der Waals surface area contributed by atoms with Crippen molar-refractivity contribution in [3.8, 4) is 0 Å². The van der Waals surface area contributed by atoms with Gasteiger partial charge in [0.05, 0.1) is 22.8 Å². The summed E-state index contributed by atoms with van der Waals surface area (Å²) in [6, 6.07) is 11.0. The second-order valence-corrected chi connectivity index (χ2v) is 9.05. The van der Waals surface area contributed by atoms with E-state index in [-0.39, 0.29) is 21.5 Å². The molecule has 1 aromatic heterocycles. The van der Waals surface area contributed by atoms with Crippen LogP contribution in [0.25, 0.3) is 6.08 Å². The first-order valence-corrected chi connectivity index (χ1v) is 11.5. The highest BCUT2D eigenvalue weighted by atomic mass is 35.5. The number of esters is 1. The number of halogens is 5. The Kier molecular flexibility index (Phi) is 6.71. The van der Waals surface area contributed by atoms with Crippen molar-refractivity contribution in [3.05, 3.63) is 101 Å². The highest BCUT2D eigenvalue weighted by Crippen LogP contribution is 2.38. The number of carbonyl (C=O) groups excluding carboxylic acids is 1. The van der Waals surface area contributed by atoms with E-state index in [1.165, 1.54) is 37.3 Å². The van der Waals surface area contributed by atoms with Gasteiger partial charge in [-0.2, -0.15) is 13.2 Å². The Balaban J connectivity index is 2.04. The van der Waals surface area contributed by atoms with Crippen LogP contribution in [-0.4, -0.2) is 23.3 Å². The van der Waals surface area contributed by atoms with Gasteiger partial charge >= 0.3 is 12.1 Å². The topological polar surface area (TPSA) is 60.7 Å². The first-order chi connectivity index (χ1) is 16.1. The molecule has 2 aromatic carbocycles. The Morgan fingerprint density at radius 1 is 1.12 bits per heavy atom. The highest BCUT2D eigenvalue weighted by Gasteiger charge is 2.45. The molecule has 0 N–H and O–H groups in total. The van der Waals surface area contributed by atoms with E-state index in [1.54, 1.807) is 24.3 Å². The quantitative estimate of drug-likeness (QED) is 0.465. The smallest absolute Gasteiger partial charge is 0.434 e. The van der Waals surface area contributed by atoms with E-state index >= 15 is 0 Å². The first-order valence-electron chi connectivity index (χ1n) is 9.91. The van der Waals surface area contributed by atoms with E-state index in [4.69, 9.17) is 27.9 Å². The van der Waals surface area contributed by atoms with Crippen LogP contribution in [0.2, 0.25) is 10.0 Å². The van der Waals surface area contributed by atoms with E-state index in [2.05, 4.69) is 4.99 Å². The number of alkyl halides is 3. The minimum atomic E-state index is -4.96. The number of carbonyl (C=O) groups is 1. The lowest BCUT2D eigenvalue weighted by molar-refractivity contribution is -0.140. The number of hydrogen-bond acceptors (Lipinski definition) is 5. The predicted octanol–water partition coefficient (Wildman–Crippen LogP) is 4.65. The maximum Gasteiger partial charge on any atom is 0.434 e. The van der Waals surface area contributed by atoms with Crippen molar-refractivity contribution < 1.29 is 22.7 Å². The summed E-state index contributed by atoms with van der Waals surface area (Å²) in [5.41, 5.74) is -1.88. The van der Waals surface area contributed by atoms with Crippen LogP contribution in [0.15, 0.2) is 69.6 Å². The zero-order valence-electron chi connectivity index (χ0n) is 17.4. The van der Waals surface area contributed by atoms with Crippen LogP contribution in [-0.2, 0) is 9.53 Å². The van der Waals surface area contributed by atoms with Crippen LogP contribution < -0.4 is 14.9 Å². The molecule has 0 radical (unpaired) electrons. The average molecular weight is 527 g/mol. The number of aromatic nitrogens is 1. The zero-order valence-corrected chi connectivity index (χ0v) is 19.7. The summed E-state index contributed by atoms with van der Waals surface area (Å²) in [6.07, 6.45) is -3.43. The molecule has 0 amide bonds. The molecule has 0 spiro atoms. The number of rotatable bonds is 4. The van der Waals surface area contributed by atoms with Gasteiger partial charge in [0.15, 0.2) is 10.5 Å². The van der Waals surface area contributed by atoms with Gasteiger partial charge in [-0.3, -0.25) is 9.36 Å². The summed E-state index contributed by atoms with van der Waals surface area (Å²) >= 11 is 12.6. The van der Waals surface area contributed by atoms with Gasteiger partial charge in [0.25, 0.3) is 5.56 Å². The summed E-state index contributed by atoms with van der Waals surface area (Å²) in [5.74, 6) is -1.20. The second-order valence-electron chi connectivity index (χ2n) is 7.17. The number of fused-ring (bicyclic) bond motifs is 1. The zero-order chi connectivity index (χ0) is 24.6. The van der Waals surface area contributed by atoms with Gasteiger partial charge in [-0.15, -0.1) is 0 Å². The molecule has 4 rings (SSSR count). The van der Waals surface area contributed by atoms with Crippen molar-refractivity contribution in [2.24, 2.45) is 4.99 Å². The molecule has 0 aliphatic carbocycles. The number of ether oxygens (including phenoxy) is 1. The third-order valence-electron chi connectivity index (χ3n) is 4.95. The lowest BCUT2D eigenvalue weighted by Gasteiger charge is -2.26. The van der Waals surface area contributed by atoms with Crippen molar-refractivity contribution in [1.29, 1.82) is 0 Å². The Morgan fingerprint density at radius 2 is 1.71 bits per heavy atom. The minimum absolute atomic E-state index is 0.145. The standard InChI is InChI=1S/C23H15Cl2F3N2O3S/c1-2-33-21(32)17-18(13-5-9-15(25)10-6-13)30-20(31)16(11-12-3-7-14(24)8-4-12)34-22(30)29-19(17)23(26,27)28/h3-11,18H,2H2,1H3/b16-11-/t18-/m1/s1. The van der Waals surface area contributed by atoms with E-state index < -0.39 is 35.0 Å². The van der Waals surface area contributed by atoms with Crippen molar-refractivity contribution in [2.45, 2.75) is 19.1 Å². The molecular weight excluding hydrogens is 512 g/mol. The van der Waals surface area contributed by atoms with E-state index in [0.29, 0.717) is 15.6 Å². The van der Waals surface area contributed by atoms with E-state index in [1.807, 2.05) is 0 Å². The van der Waals surface area contributed by atoms with Crippen molar-refractivity contribution in [1.82, 2.24) is 4.57 Å². The third kappa shape index (κ3) is 4.68. The largest absolute Gasteiger partial charge is 0.463 e. The third-order valence-corrected chi connectivity index (χ3v) is 6.44. The van der Waals surface area contributed by atoms with E-state index in [0.717, 1.165) is 15.9 Å². The van der Waals surface area contributed by atoms with Crippen LogP contribution in [0.3, 0.4) is 0 Å². The molecule has 11 heteroatoms. The van der Waals surface area contributed by atoms with Crippen LogP contribution in [0.1, 0.15) is 24.1 Å². The fourth-order valence-electron chi connectivity index (χ4n) is 3.51. The molecule has 2 heterocycles. The molecule has 0 fully saturated rings. The van der Waals surface area contributed by atoms with Gasteiger partial charge in [-0.1, -0.05) is 58.8 Å². The minimum Gasteiger partial charge on any atom is -0.463 e. The molecule has 34 heavy (non-hydrogen) atoms. The summed E-state index contributed by atoms with van der Waals surface area (Å²) in [7, 11) is 0. The number of nitrogens with zero attached hydrogens (tertiary/aromatic N) is 2. The normalized spacial score (nSPS) is 16.3. The van der Waals surface area contributed by atoms with Gasteiger partial charge in [0.2, 0.25) is 0 Å². The molecule has 1 atom stereocenters. The Hall–Kier alpha value is -2.88. The lowest BCUT2D eigenvalue weighted by Crippen LogP contribution is -2.41. The van der Waals surface area contributed by atoms with Crippen LogP contribution >= 0.6 is 34.5 Å². The summed E-state index contributed by atoms with van der Waals surface area (Å²) in [4.78, 5) is 29.7. The van der Waals surface area contributed by atoms with E-state index in [9.17, 15) is 22.8 Å². The summed E-state index contributed by atoms with van der Waals surface area (Å²) in [5, 5.41) is 0.840. The molecule has 1 aliphatic rings. The second kappa shape index (κ2) is 9.40. The fourth-order valence-corrected chi connectivity index (χ4v) is 4.76. The monoisotopic (exact) mass is 526 g/mol. The highest BCUT2D eigenvalue weighted by molar-refractivity contribution is 7.07. The molecule has 0 unspecified atom stereocenters. The molecule has 0 saturated carbocycles. The number of allylic oxidation sites excluding steroid dienone is 1. The van der Waals surface area contributed by atoms with Gasteiger partial charge < -0.3 is 4.74 Å². The molecule has 0 bridgehead atoms. The predicted molar refractivity (Wildman–Crippen MR) is 124 cm³/mol. The van der Waals surface area contributed by atoms with Crippen molar-refractivity contribution >= 4 is 46.6 Å². The Bertz CT molecular complexity index is 1460. The van der Waals surface area contributed by atoms with Crippen LogP contribution in [0.5, 0.6) is 0 Å². The number of thiazole rings is 1. The number of benzene rings is 2. The van der Waals surface area contributed by atoms with Gasteiger partial charge in [-0.25, -0.2) is 9.79 Å². The van der Waals surface area contributed by atoms with Crippen LogP contribution in [0.4, 0.5) is 13.2 Å². The number of hydrogen-bond donors (Lipinski definition) is 0. The SMILES string of the molecule is CCOC(=O)C1=C(C(F)(F)F)N=c2s/c(=C\c3ccc(Cl)cc3)c(=O)n2[C@@H]1c1ccc(Cl)cc1. The fraction of sp³-hybridized carbons (Fsp3) is 0.174. The summed E-state index contributed by atoms with van der Waals surface area (Å²) < 4.78 is 48.3. The average Bonchev–Trinajstić information content (AvgIpc) is 3.09. The maximum absolute atomic E-state index is 14.0. The molecule has 0 saturated heterocycles. The molecule has 5 nitrogen and oxygen atoms in total. The van der Waals surface area contributed by atoms with Crippen molar-refractivity contribution in [2.75, 3.05) is 6.61 Å². The molecule has 176 valence electrons. The molecular formula is C23H15Cl2F3N2O3S. The molecule has 3 aromatic rings. The van der Waals surface area contributed by atoms with Gasteiger partial charge in [0, 0.05) is 10.0 Å². The molecule has 1 aliphatic heterocycles. The van der Waals surface area contributed by atoms with Crippen molar-refractivity contribution in [3.63, 3.8) is 0 Å². The first kappa shape index (κ1) is 24.3. The Labute approximate surface area is 205 Å². The maximum atomic E-state index is 14.0. The Morgan fingerprint density at radius 3 is 2.26 bits per heavy atom. The van der Waals surface area contributed by atoms with Gasteiger partial charge in [0.1, 0.15) is 0 Å². The summed E-state index contributed by atoms with van der Waals surface area (Å²) in [6.45, 7) is 1.33. The lowest BCUT2D eigenvalue weighted by atomic mass is 9.95. The van der Waals surface area contributed by atoms with Gasteiger partial charge in [-0.05, 0) is 48.4 Å².